The molecule has 1 heterocycles. The fourth-order valence-electron chi connectivity index (χ4n) is 1.98. The number of nitrogens with one attached hydrogen (secondary N) is 1. The number of unbranched alkanes of at least 4 members (excludes halogenated alkanes) is 5. The van der Waals surface area contributed by atoms with E-state index in [0.29, 0.717) is 0 Å². The monoisotopic (exact) mass is 269 g/mol. The van der Waals surface area contributed by atoms with Crippen LogP contribution in [-0.2, 0) is 12.3 Å². The molecule has 0 aliphatic rings. The summed E-state index contributed by atoms with van der Waals surface area (Å²) >= 11 is 1.80. The third-order valence-electron chi connectivity index (χ3n) is 3.01. The number of hydrogen-bond acceptors (Lipinski definition) is 3. The fourth-order valence-corrected chi connectivity index (χ4v) is 2.42. The van der Waals surface area contributed by atoms with Crippen LogP contribution in [-0.4, -0.2) is 12.8 Å². The van der Waals surface area contributed by atoms with Crippen molar-refractivity contribution >= 4 is 11.8 Å². The van der Waals surface area contributed by atoms with Gasteiger partial charge in [-0.2, -0.15) is 11.8 Å². The third kappa shape index (κ3) is 7.12. The normalized spacial score (nSPS) is 11.0. The van der Waals surface area contributed by atoms with Crippen molar-refractivity contribution in [3.63, 3.8) is 0 Å². The molecule has 1 N–H and O–H groups in total. The van der Waals surface area contributed by atoms with Gasteiger partial charge in [-0.15, -0.1) is 0 Å². The number of thioether (sulfide) groups is 1. The Morgan fingerprint density at radius 3 is 2.56 bits per heavy atom. The van der Waals surface area contributed by atoms with Crippen LogP contribution >= 0.6 is 11.8 Å². The SMILES string of the molecule is CCCCCCCCNCc1ccc(CSC)o1. The van der Waals surface area contributed by atoms with Crippen LogP contribution in [0.2, 0.25) is 0 Å². The summed E-state index contributed by atoms with van der Waals surface area (Å²) in [7, 11) is 0. The van der Waals surface area contributed by atoms with E-state index in [0.717, 1.165) is 30.4 Å². The topological polar surface area (TPSA) is 25.2 Å². The summed E-state index contributed by atoms with van der Waals surface area (Å²) in [5.41, 5.74) is 0. The minimum Gasteiger partial charge on any atom is -0.464 e. The third-order valence-corrected chi connectivity index (χ3v) is 3.58. The molecule has 0 aromatic carbocycles. The quantitative estimate of drug-likeness (QED) is 0.595. The molecule has 0 saturated carbocycles. The van der Waals surface area contributed by atoms with E-state index < -0.39 is 0 Å². The summed E-state index contributed by atoms with van der Waals surface area (Å²) in [6.45, 7) is 4.23. The lowest BCUT2D eigenvalue weighted by Gasteiger charge is -2.03. The maximum atomic E-state index is 5.70. The Kier molecular flexibility index (Phi) is 9.13. The van der Waals surface area contributed by atoms with E-state index in [4.69, 9.17) is 4.42 Å². The molecule has 0 aliphatic heterocycles. The average molecular weight is 269 g/mol. The minimum absolute atomic E-state index is 0.864. The van der Waals surface area contributed by atoms with Crippen LogP contribution in [0.4, 0.5) is 0 Å². The van der Waals surface area contributed by atoms with Crippen LogP contribution in [0.5, 0.6) is 0 Å². The minimum atomic E-state index is 0.864. The summed E-state index contributed by atoms with van der Waals surface area (Å²) in [4.78, 5) is 0. The number of hydrogen-bond donors (Lipinski definition) is 1. The van der Waals surface area contributed by atoms with Gasteiger partial charge in [0.15, 0.2) is 0 Å². The molecule has 1 aromatic rings. The molecule has 3 heteroatoms. The van der Waals surface area contributed by atoms with Crippen LogP contribution in [0.1, 0.15) is 57.0 Å². The van der Waals surface area contributed by atoms with Gasteiger partial charge in [-0.1, -0.05) is 39.0 Å². The molecule has 1 aromatic heterocycles. The van der Waals surface area contributed by atoms with Crippen LogP contribution in [0.25, 0.3) is 0 Å². The zero-order valence-corrected chi connectivity index (χ0v) is 12.7. The standard InChI is InChI=1S/C15H27NOS/c1-3-4-5-6-7-8-11-16-12-14-9-10-15(17-14)13-18-2/h9-10,16H,3-8,11-13H2,1-2H3. The van der Waals surface area contributed by atoms with Gasteiger partial charge < -0.3 is 9.73 Å². The Balaban J connectivity index is 1.96. The van der Waals surface area contributed by atoms with E-state index in [9.17, 15) is 0 Å². The Hall–Kier alpha value is -0.410. The first-order chi connectivity index (χ1) is 8.86. The van der Waals surface area contributed by atoms with Gasteiger partial charge in [-0.05, 0) is 31.4 Å². The van der Waals surface area contributed by atoms with E-state index in [-0.39, 0.29) is 0 Å². The Morgan fingerprint density at radius 2 is 1.78 bits per heavy atom. The van der Waals surface area contributed by atoms with Gasteiger partial charge in [0.25, 0.3) is 0 Å². The molecule has 0 radical (unpaired) electrons. The molecule has 0 fully saturated rings. The van der Waals surface area contributed by atoms with Crippen LogP contribution in [0.15, 0.2) is 16.5 Å². The first-order valence-corrected chi connectivity index (χ1v) is 8.53. The molecule has 2 nitrogen and oxygen atoms in total. The highest BCUT2D eigenvalue weighted by Crippen LogP contribution is 2.13. The second-order valence-corrected chi connectivity index (χ2v) is 5.61. The summed E-state index contributed by atoms with van der Waals surface area (Å²) < 4.78 is 5.70. The highest BCUT2D eigenvalue weighted by Gasteiger charge is 2.00. The molecular formula is C15H27NOS. The molecule has 0 aliphatic carbocycles. The molecule has 0 saturated heterocycles. The maximum absolute atomic E-state index is 5.70. The largest absolute Gasteiger partial charge is 0.464 e. The first-order valence-electron chi connectivity index (χ1n) is 7.14. The summed E-state index contributed by atoms with van der Waals surface area (Å²) in [5, 5.41) is 3.45. The van der Waals surface area contributed by atoms with Gasteiger partial charge in [-0.3, -0.25) is 0 Å². The molecular weight excluding hydrogens is 242 g/mol. The van der Waals surface area contributed by atoms with Gasteiger partial charge in [0.2, 0.25) is 0 Å². The molecule has 1 rings (SSSR count). The van der Waals surface area contributed by atoms with E-state index in [2.05, 4.69) is 30.6 Å². The predicted octanol–water partition coefficient (Wildman–Crippen LogP) is 4.59. The zero-order valence-electron chi connectivity index (χ0n) is 11.8. The van der Waals surface area contributed by atoms with Crippen molar-refractivity contribution in [1.82, 2.24) is 5.32 Å². The second-order valence-electron chi connectivity index (χ2n) is 4.75. The van der Waals surface area contributed by atoms with Gasteiger partial charge >= 0.3 is 0 Å². The van der Waals surface area contributed by atoms with Crippen molar-refractivity contribution in [3.05, 3.63) is 23.7 Å². The number of rotatable bonds is 11. The van der Waals surface area contributed by atoms with E-state index in [1.54, 1.807) is 11.8 Å². The second kappa shape index (κ2) is 10.5. The van der Waals surface area contributed by atoms with Crippen molar-refractivity contribution in [2.45, 2.75) is 57.7 Å². The molecule has 0 bridgehead atoms. The molecule has 0 amide bonds. The Morgan fingerprint density at radius 1 is 1.06 bits per heavy atom. The Labute approximate surface area is 116 Å². The van der Waals surface area contributed by atoms with Crippen molar-refractivity contribution in [2.24, 2.45) is 0 Å². The predicted molar refractivity (Wildman–Crippen MR) is 81.0 cm³/mol. The van der Waals surface area contributed by atoms with Crippen molar-refractivity contribution in [1.29, 1.82) is 0 Å². The molecule has 0 atom stereocenters. The Bertz CT molecular complexity index is 298. The smallest absolute Gasteiger partial charge is 0.117 e. The van der Waals surface area contributed by atoms with Gasteiger partial charge in [-0.25, -0.2) is 0 Å². The summed E-state index contributed by atoms with van der Waals surface area (Å²) in [6.07, 6.45) is 10.2. The van der Waals surface area contributed by atoms with Gasteiger partial charge in [0.05, 0.1) is 12.3 Å². The average Bonchev–Trinajstić information content (AvgIpc) is 2.81. The highest BCUT2D eigenvalue weighted by molar-refractivity contribution is 7.97. The maximum Gasteiger partial charge on any atom is 0.117 e. The number of furan rings is 1. The molecule has 104 valence electrons. The lowest BCUT2D eigenvalue weighted by Crippen LogP contribution is -2.14. The molecule has 18 heavy (non-hydrogen) atoms. The van der Waals surface area contributed by atoms with Gasteiger partial charge in [0.1, 0.15) is 11.5 Å². The summed E-state index contributed by atoms with van der Waals surface area (Å²) in [6, 6.07) is 4.16. The van der Waals surface area contributed by atoms with Gasteiger partial charge in [0, 0.05) is 0 Å². The zero-order chi connectivity index (χ0) is 13.1. The van der Waals surface area contributed by atoms with Crippen LogP contribution in [0, 0.1) is 0 Å². The molecule has 0 unspecified atom stereocenters. The van der Waals surface area contributed by atoms with Crippen LogP contribution < -0.4 is 5.32 Å². The lowest BCUT2D eigenvalue weighted by molar-refractivity contribution is 0.455. The molecule has 0 spiro atoms. The van der Waals surface area contributed by atoms with Crippen molar-refractivity contribution < 1.29 is 4.42 Å². The van der Waals surface area contributed by atoms with Crippen LogP contribution in [0.3, 0.4) is 0 Å². The lowest BCUT2D eigenvalue weighted by atomic mass is 10.1. The highest BCUT2D eigenvalue weighted by atomic mass is 32.2. The van der Waals surface area contributed by atoms with E-state index >= 15 is 0 Å². The fraction of sp³-hybridized carbons (Fsp3) is 0.733. The summed E-state index contributed by atoms with van der Waals surface area (Å²) in [5.74, 6) is 3.11. The first kappa shape index (κ1) is 15.6. The van der Waals surface area contributed by atoms with Crippen molar-refractivity contribution in [3.8, 4) is 0 Å². The van der Waals surface area contributed by atoms with E-state index in [1.807, 2.05) is 0 Å². The van der Waals surface area contributed by atoms with Crippen molar-refractivity contribution in [2.75, 3.05) is 12.8 Å². The van der Waals surface area contributed by atoms with E-state index in [1.165, 1.54) is 38.5 Å².